The van der Waals surface area contributed by atoms with E-state index in [0.717, 1.165) is 70.9 Å². The van der Waals surface area contributed by atoms with Gasteiger partial charge >= 0.3 is 17.2 Å². The lowest BCUT2D eigenvalue weighted by atomic mass is 9.77. The van der Waals surface area contributed by atoms with E-state index in [4.69, 9.17) is 31.9 Å². The summed E-state index contributed by atoms with van der Waals surface area (Å²) in [5.41, 5.74) is 2.68. The summed E-state index contributed by atoms with van der Waals surface area (Å²) >= 11 is 0. The Morgan fingerprint density at radius 1 is 0.273 bits per heavy atom. The number of benzene rings is 10. The van der Waals surface area contributed by atoms with Crippen LogP contribution in [0.25, 0.3) is 54.2 Å². The van der Waals surface area contributed by atoms with E-state index in [9.17, 15) is 0 Å². The van der Waals surface area contributed by atoms with Crippen LogP contribution in [0, 0.1) is 0 Å². The first-order valence-corrected chi connectivity index (χ1v) is 28.5. The molecule has 0 aliphatic heterocycles. The van der Waals surface area contributed by atoms with Crippen molar-refractivity contribution in [2.24, 2.45) is 0 Å². The molecule has 0 aromatic heterocycles. The maximum absolute atomic E-state index is 7.52. The topological polar surface area (TPSA) is 64.6 Å². The predicted molar refractivity (Wildman–Crippen MR) is 322 cm³/mol. The van der Waals surface area contributed by atoms with Crippen molar-refractivity contribution >= 4 is 60.3 Å². The second-order valence-corrected chi connectivity index (χ2v) is 25.7. The van der Waals surface area contributed by atoms with Gasteiger partial charge in [-0.3, -0.25) is 0 Å². The molecule has 392 valence electrons. The van der Waals surface area contributed by atoms with Gasteiger partial charge in [0.05, 0.1) is 0 Å². The summed E-state index contributed by atoms with van der Waals surface area (Å²) in [6.45, 7) is 26.1. The summed E-state index contributed by atoms with van der Waals surface area (Å²) < 4.78 is 49.8. The van der Waals surface area contributed by atoms with Gasteiger partial charge in [0, 0.05) is 22.3 Å². The highest BCUT2D eigenvalue weighted by Gasteiger charge is 2.36. The molecule has 10 aromatic rings. The lowest BCUT2D eigenvalue weighted by molar-refractivity contribution is 0.130. The van der Waals surface area contributed by atoms with Crippen LogP contribution in [0.3, 0.4) is 0 Å². The van der Waals surface area contributed by atoms with E-state index in [0.29, 0.717) is 40.2 Å². The number of rotatable bonds is 14. The highest BCUT2D eigenvalue weighted by atomic mass is 31.2. The fourth-order valence-corrected chi connectivity index (χ4v) is 11.3. The molecule has 0 heterocycles. The second-order valence-electron chi connectivity index (χ2n) is 23.7. The normalized spacial score (nSPS) is 12.4. The molecular weight excluding hydrogens is 991 g/mol. The lowest BCUT2D eigenvalue weighted by Crippen LogP contribution is -2.24. The number of hydrogen-bond donors (Lipinski definition) is 0. The molecule has 0 unspecified atom stereocenters. The zero-order valence-corrected chi connectivity index (χ0v) is 48.0. The first-order chi connectivity index (χ1) is 36.6. The van der Waals surface area contributed by atoms with Crippen molar-refractivity contribution in [3.05, 3.63) is 211 Å². The molecular formula is C68H68O7P2. The van der Waals surface area contributed by atoms with Gasteiger partial charge < -0.3 is 31.9 Å². The third-order valence-electron chi connectivity index (χ3n) is 13.3. The molecule has 0 radical (unpaired) electrons. The first-order valence-electron chi connectivity index (χ1n) is 26.3. The highest BCUT2D eigenvalue weighted by molar-refractivity contribution is 7.43. The summed E-state index contributed by atoms with van der Waals surface area (Å²) in [6.07, 6.45) is 0. The highest BCUT2D eigenvalue weighted by Crippen LogP contribution is 2.56. The van der Waals surface area contributed by atoms with Gasteiger partial charge in [0.2, 0.25) is 0 Å². The van der Waals surface area contributed by atoms with E-state index in [1.165, 1.54) is 0 Å². The summed E-state index contributed by atoms with van der Waals surface area (Å²) in [6, 6.07) is 65.9. The standard InChI is InChI=1S/C68H68O7P2/c1-65(2,3)53-41-59(63(61(42-53)66(4,5)6)74-76(70-54-33-29-45-21-13-17-25-49(45)37-54)71-55-34-30-46-22-14-18-26-50(46)38-55)60-43-58(69-68(10,11)12)44-62(67(7,8)9)64(60)75-77(72-56-35-31-47-23-15-19-27-51(47)39-56)73-57-36-32-48-24-16-20-28-52(48)40-57/h13-44H,1-12H3. The van der Waals surface area contributed by atoms with E-state index in [1.807, 2.05) is 97.1 Å². The van der Waals surface area contributed by atoms with E-state index < -0.39 is 33.6 Å². The van der Waals surface area contributed by atoms with Crippen molar-refractivity contribution in [2.45, 2.75) is 105 Å². The minimum Gasteiger partial charge on any atom is -0.488 e. The van der Waals surface area contributed by atoms with Crippen molar-refractivity contribution in [3.8, 4) is 51.4 Å². The van der Waals surface area contributed by atoms with Crippen molar-refractivity contribution in [1.82, 2.24) is 0 Å². The Kier molecular flexibility index (Phi) is 14.7. The Labute approximate surface area is 457 Å². The SMILES string of the molecule is CC(C)(C)Oc1cc(-c2cc(C(C)(C)C)cc(C(C)(C)C)c2OP(Oc2ccc3ccccc3c2)Oc2ccc3ccccc3c2)c(OP(Oc2ccc3ccccc3c2)Oc2ccc3ccccc3c2)c(C(C)(C)C)c1. The zero-order valence-electron chi connectivity index (χ0n) is 46.2. The number of hydrogen-bond acceptors (Lipinski definition) is 7. The summed E-state index contributed by atoms with van der Waals surface area (Å²) in [5.74, 6) is 4.27. The fraction of sp³-hybridized carbons (Fsp3) is 0.235. The van der Waals surface area contributed by atoms with Crippen LogP contribution in [0.2, 0.25) is 0 Å². The van der Waals surface area contributed by atoms with Crippen LogP contribution in [0.4, 0.5) is 0 Å². The molecule has 0 N–H and O–H groups in total. The van der Waals surface area contributed by atoms with Gasteiger partial charge in [0.1, 0.15) is 45.8 Å². The van der Waals surface area contributed by atoms with E-state index in [1.54, 1.807) is 0 Å². The van der Waals surface area contributed by atoms with Gasteiger partial charge in [-0.25, -0.2) is 0 Å². The summed E-state index contributed by atoms with van der Waals surface area (Å²) in [7, 11) is -4.42. The van der Waals surface area contributed by atoms with Crippen LogP contribution in [0.15, 0.2) is 194 Å². The first kappa shape index (κ1) is 53.1. The molecule has 7 nitrogen and oxygen atoms in total. The van der Waals surface area contributed by atoms with Crippen molar-refractivity contribution < 1.29 is 31.9 Å². The Morgan fingerprint density at radius 2 is 0.584 bits per heavy atom. The average Bonchev–Trinajstić information content (AvgIpc) is 3.37. The Morgan fingerprint density at radius 3 is 0.896 bits per heavy atom. The minimum atomic E-state index is -2.22. The Hall–Kier alpha value is -7.30. The lowest BCUT2D eigenvalue weighted by Gasteiger charge is -2.32. The molecule has 0 bridgehead atoms. The van der Waals surface area contributed by atoms with Crippen LogP contribution in [-0.2, 0) is 16.2 Å². The van der Waals surface area contributed by atoms with Crippen LogP contribution in [0.1, 0.15) is 99.8 Å². The summed E-state index contributed by atoms with van der Waals surface area (Å²) in [5, 5.41) is 8.55. The Bertz CT molecular complexity index is 3600. The van der Waals surface area contributed by atoms with Gasteiger partial charge in [-0.2, -0.15) is 0 Å². The van der Waals surface area contributed by atoms with Crippen LogP contribution < -0.4 is 31.9 Å². The van der Waals surface area contributed by atoms with Crippen molar-refractivity contribution in [3.63, 3.8) is 0 Å². The van der Waals surface area contributed by atoms with E-state index >= 15 is 0 Å². The van der Waals surface area contributed by atoms with Crippen LogP contribution in [0.5, 0.6) is 40.2 Å². The zero-order chi connectivity index (χ0) is 54.3. The maximum Gasteiger partial charge on any atom is 0.530 e. The molecule has 10 rings (SSSR count). The van der Waals surface area contributed by atoms with Gasteiger partial charge in [0.25, 0.3) is 0 Å². The monoisotopic (exact) mass is 1060 g/mol. The van der Waals surface area contributed by atoms with Gasteiger partial charge in [0.15, 0.2) is 0 Å². The molecule has 0 aliphatic carbocycles. The van der Waals surface area contributed by atoms with Gasteiger partial charge in [-0.05, 0) is 152 Å². The smallest absolute Gasteiger partial charge is 0.488 e. The molecule has 0 saturated carbocycles. The predicted octanol–water partition coefficient (Wildman–Crippen LogP) is 20.6. The quantitative estimate of drug-likeness (QED) is 0.101. The minimum absolute atomic E-state index is 0.292. The van der Waals surface area contributed by atoms with Gasteiger partial charge in [-0.15, -0.1) is 0 Å². The molecule has 10 aromatic carbocycles. The molecule has 0 amide bonds. The maximum atomic E-state index is 7.52. The second kappa shape index (κ2) is 21.3. The number of fused-ring (bicyclic) bond motifs is 4. The molecule has 9 heteroatoms. The van der Waals surface area contributed by atoms with Crippen molar-refractivity contribution in [1.29, 1.82) is 0 Å². The number of ether oxygens (including phenoxy) is 1. The van der Waals surface area contributed by atoms with E-state index in [2.05, 4.69) is 180 Å². The molecule has 0 aliphatic rings. The molecule has 0 spiro atoms. The van der Waals surface area contributed by atoms with E-state index in [-0.39, 0.29) is 5.41 Å². The Balaban J connectivity index is 1.20. The average molecular weight is 1060 g/mol. The third kappa shape index (κ3) is 12.6. The van der Waals surface area contributed by atoms with Crippen LogP contribution in [-0.4, -0.2) is 5.60 Å². The van der Waals surface area contributed by atoms with Crippen molar-refractivity contribution in [2.75, 3.05) is 0 Å². The molecule has 0 fully saturated rings. The summed E-state index contributed by atoms with van der Waals surface area (Å²) in [4.78, 5) is 0. The largest absolute Gasteiger partial charge is 0.530 e. The fourth-order valence-electron chi connectivity index (χ4n) is 9.29. The molecule has 77 heavy (non-hydrogen) atoms. The third-order valence-corrected chi connectivity index (χ3v) is 15.4. The molecule has 0 atom stereocenters. The van der Waals surface area contributed by atoms with Gasteiger partial charge in [-0.1, -0.05) is 190 Å². The molecule has 0 saturated heterocycles. The van der Waals surface area contributed by atoms with Crippen LogP contribution >= 0.6 is 17.2 Å².